The first-order valence-electron chi connectivity index (χ1n) is 32.2. The molecule has 1 amide bonds. The van der Waals surface area contributed by atoms with E-state index in [2.05, 4.69) is 123 Å². The molecule has 0 aromatic heterocycles. The molecule has 458 valence electrons. The molecule has 0 spiro atoms. The Bertz CT molecular complexity index is 1710. The zero-order chi connectivity index (χ0) is 58.2. The molecule has 1 saturated heterocycles. The van der Waals surface area contributed by atoms with Crippen LogP contribution in [-0.4, -0.2) is 99.6 Å². The molecule has 0 aromatic rings. The topological polar surface area (TPSA) is 175 Å². The van der Waals surface area contributed by atoms with Crippen molar-refractivity contribution in [1.29, 1.82) is 0 Å². The lowest BCUT2D eigenvalue weighted by Crippen LogP contribution is -2.61. The Hall–Kier alpha value is -3.68. The fourth-order valence-electron chi connectivity index (χ4n) is 9.33. The fourth-order valence-corrected chi connectivity index (χ4v) is 9.33. The van der Waals surface area contributed by atoms with Gasteiger partial charge in [-0.05, 0) is 109 Å². The van der Waals surface area contributed by atoms with Gasteiger partial charge in [0.05, 0.1) is 25.4 Å². The molecule has 80 heavy (non-hydrogen) atoms. The number of carbonyl (C=O) groups excluding carboxylic acids is 2. The summed E-state index contributed by atoms with van der Waals surface area (Å²) in [7, 11) is 0. The monoisotopic (exact) mass is 1120 g/mol. The molecule has 11 heteroatoms. The molecular formula is C69H117NO10. The number of unbranched alkanes of at least 4 members (excludes halogenated alkanes) is 23. The molecule has 0 aliphatic carbocycles. The standard InChI is InChI=1S/C69H117NO10/c1-4-7-10-13-16-19-22-25-27-29-31-32-33-35-37-39-42-45-48-51-54-57-64(74)80-67-66(76)65(75)63(58-71)79-69(67)78-59-60(61(72)55-52-49-46-43-40-24-21-18-15-12-9-6-3)70-68(77)62(73)56-53-50-47-44-41-38-36-34-30-28-26-23-20-17-14-11-8-5-2/h7,10,16-17,19-20,25-28,31-32,34-37,52,55,60-63,65-67,69,71-73,75-76H,4-6,8-9,11-15,18,21-24,29-30,33,38-51,53-54,56-59H2,1-3H3,(H,70,77)/b10-7-,19-16-,20-17-,27-25-,28-26-,32-31-,36-34-,37-35-,55-52+. The number of aliphatic hydroxyl groups is 5. The molecule has 1 fully saturated rings. The van der Waals surface area contributed by atoms with Crippen molar-refractivity contribution in [3.63, 3.8) is 0 Å². The van der Waals surface area contributed by atoms with E-state index in [9.17, 15) is 35.1 Å². The van der Waals surface area contributed by atoms with Crippen molar-refractivity contribution in [3.8, 4) is 0 Å². The van der Waals surface area contributed by atoms with Crippen LogP contribution in [0.5, 0.6) is 0 Å². The minimum atomic E-state index is -1.63. The van der Waals surface area contributed by atoms with Gasteiger partial charge < -0.3 is 45.1 Å². The first-order chi connectivity index (χ1) is 39.2. The maximum Gasteiger partial charge on any atom is 0.306 e. The summed E-state index contributed by atoms with van der Waals surface area (Å²) in [5.41, 5.74) is 0. The fraction of sp³-hybridized carbons (Fsp3) is 0.710. The van der Waals surface area contributed by atoms with Crippen molar-refractivity contribution in [2.75, 3.05) is 13.2 Å². The smallest absolute Gasteiger partial charge is 0.306 e. The Balaban J connectivity index is 2.69. The van der Waals surface area contributed by atoms with Gasteiger partial charge in [-0.15, -0.1) is 0 Å². The zero-order valence-electron chi connectivity index (χ0n) is 50.7. The van der Waals surface area contributed by atoms with E-state index in [0.29, 0.717) is 12.8 Å². The third kappa shape index (κ3) is 43.1. The number of hydrogen-bond donors (Lipinski definition) is 6. The SMILES string of the molecule is CC/C=C\C/C=C\C/C=C\C/C=C\C/C=C\CCCCCCCC(=O)OC1C(OCC(NC(=O)C(O)CCCCCCC/C=C\C/C=C\C/C=C\CCCCC)C(O)/C=C/CCCCCCCCCCCC)OC(CO)C(O)C1O. The lowest BCUT2D eigenvalue weighted by atomic mass is 9.99. The van der Waals surface area contributed by atoms with Gasteiger partial charge in [0, 0.05) is 6.42 Å². The molecule has 8 atom stereocenters. The Morgan fingerprint density at radius 1 is 0.500 bits per heavy atom. The Morgan fingerprint density at radius 2 is 0.900 bits per heavy atom. The molecule has 0 radical (unpaired) electrons. The Labute approximate surface area is 488 Å². The third-order valence-corrected chi connectivity index (χ3v) is 14.4. The number of allylic oxidation sites excluding steroid dienone is 17. The molecule has 1 aliphatic heterocycles. The second-order valence-electron chi connectivity index (χ2n) is 21.8. The van der Waals surface area contributed by atoms with E-state index < -0.39 is 67.4 Å². The van der Waals surface area contributed by atoms with Crippen LogP contribution in [0.25, 0.3) is 0 Å². The van der Waals surface area contributed by atoms with Crippen LogP contribution >= 0.6 is 0 Å². The van der Waals surface area contributed by atoms with E-state index >= 15 is 0 Å². The van der Waals surface area contributed by atoms with Crippen LogP contribution in [0.3, 0.4) is 0 Å². The van der Waals surface area contributed by atoms with Crippen molar-refractivity contribution < 1.29 is 49.3 Å². The van der Waals surface area contributed by atoms with Gasteiger partial charge in [0.25, 0.3) is 0 Å². The van der Waals surface area contributed by atoms with Gasteiger partial charge in [-0.2, -0.15) is 0 Å². The number of aliphatic hydroxyl groups excluding tert-OH is 5. The summed E-state index contributed by atoms with van der Waals surface area (Å²) in [6, 6.07) is -1.04. The van der Waals surface area contributed by atoms with Gasteiger partial charge in [-0.3, -0.25) is 9.59 Å². The van der Waals surface area contributed by atoms with Crippen molar-refractivity contribution in [2.24, 2.45) is 0 Å². The van der Waals surface area contributed by atoms with Gasteiger partial charge in [-0.1, -0.05) is 246 Å². The third-order valence-electron chi connectivity index (χ3n) is 14.4. The summed E-state index contributed by atoms with van der Waals surface area (Å²) in [6.07, 6.45) is 65.4. The molecule has 1 heterocycles. The summed E-state index contributed by atoms with van der Waals surface area (Å²) in [5.74, 6) is -1.23. The van der Waals surface area contributed by atoms with Crippen molar-refractivity contribution in [3.05, 3.63) is 109 Å². The molecule has 1 rings (SSSR count). The minimum absolute atomic E-state index is 0.0939. The zero-order valence-corrected chi connectivity index (χ0v) is 50.7. The largest absolute Gasteiger partial charge is 0.454 e. The summed E-state index contributed by atoms with van der Waals surface area (Å²) >= 11 is 0. The maximum absolute atomic E-state index is 13.4. The predicted molar refractivity (Wildman–Crippen MR) is 333 cm³/mol. The summed E-state index contributed by atoms with van der Waals surface area (Å²) < 4.78 is 17.6. The molecule has 1 aliphatic rings. The average molecular weight is 1120 g/mol. The minimum Gasteiger partial charge on any atom is -0.454 e. The molecule has 0 saturated carbocycles. The number of amides is 1. The van der Waals surface area contributed by atoms with Gasteiger partial charge in [0.1, 0.15) is 24.4 Å². The highest BCUT2D eigenvalue weighted by molar-refractivity contribution is 5.80. The van der Waals surface area contributed by atoms with Crippen LogP contribution in [0, 0.1) is 0 Å². The van der Waals surface area contributed by atoms with Crippen LogP contribution in [0.15, 0.2) is 109 Å². The molecular weight excluding hydrogens is 1000 g/mol. The highest BCUT2D eigenvalue weighted by Crippen LogP contribution is 2.26. The van der Waals surface area contributed by atoms with Crippen LogP contribution in [0.2, 0.25) is 0 Å². The molecule has 6 N–H and O–H groups in total. The normalized spacial score (nSPS) is 19.5. The predicted octanol–water partition coefficient (Wildman–Crippen LogP) is 15.7. The van der Waals surface area contributed by atoms with Crippen molar-refractivity contribution in [2.45, 2.75) is 301 Å². The first kappa shape index (κ1) is 74.3. The first-order valence-corrected chi connectivity index (χ1v) is 32.2. The van der Waals surface area contributed by atoms with Crippen LogP contribution in [0.1, 0.15) is 252 Å². The highest BCUT2D eigenvalue weighted by atomic mass is 16.7. The van der Waals surface area contributed by atoms with E-state index in [1.165, 1.54) is 70.6 Å². The summed E-state index contributed by atoms with van der Waals surface area (Å²) in [6.45, 7) is 5.62. The quantitative estimate of drug-likeness (QED) is 0.0195. The second-order valence-corrected chi connectivity index (χ2v) is 21.8. The van der Waals surface area contributed by atoms with Crippen LogP contribution in [-0.2, 0) is 23.8 Å². The average Bonchev–Trinajstić information content (AvgIpc) is 3.45. The summed E-state index contributed by atoms with van der Waals surface area (Å²) in [5, 5.41) is 57.0. The van der Waals surface area contributed by atoms with E-state index in [0.717, 1.165) is 135 Å². The number of rotatable bonds is 53. The van der Waals surface area contributed by atoms with E-state index in [1.807, 2.05) is 6.08 Å². The van der Waals surface area contributed by atoms with Crippen LogP contribution < -0.4 is 5.32 Å². The Morgan fingerprint density at radius 3 is 1.38 bits per heavy atom. The number of hydrogen-bond acceptors (Lipinski definition) is 10. The number of carbonyl (C=O) groups is 2. The maximum atomic E-state index is 13.4. The molecule has 8 unspecified atom stereocenters. The highest BCUT2D eigenvalue weighted by Gasteiger charge is 2.47. The van der Waals surface area contributed by atoms with E-state index in [-0.39, 0.29) is 19.4 Å². The molecule has 0 bridgehead atoms. The van der Waals surface area contributed by atoms with E-state index in [1.54, 1.807) is 6.08 Å². The lowest BCUT2D eigenvalue weighted by Gasteiger charge is -2.41. The van der Waals surface area contributed by atoms with Crippen LogP contribution in [0.4, 0.5) is 0 Å². The molecule has 11 nitrogen and oxygen atoms in total. The van der Waals surface area contributed by atoms with Gasteiger partial charge in [0.15, 0.2) is 12.4 Å². The van der Waals surface area contributed by atoms with Crippen molar-refractivity contribution in [1.82, 2.24) is 5.32 Å². The van der Waals surface area contributed by atoms with Gasteiger partial charge in [-0.25, -0.2) is 0 Å². The lowest BCUT2D eigenvalue weighted by molar-refractivity contribution is -0.305. The summed E-state index contributed by atoms with van der Waals surface area (Å²) in [4.78, 5) is 26.6. The second kappa shape index (κ2) is 55.8. The Kier molecular flexibility index (Phi) is 51.9. The number of esters is 1. The number of ether oxygens (including phenoxy) is 3. The van der Waals surface area contributed by atoms with Gasteiger partial charge >= 0.3 is 5.97 Å². The van der Waals surface area contributed by atoms with Crippen molar-refractivity contribution >= 4 is 11.9 Å². The van der Waals surface area contributed by atoms with Gasteiger partial charge in [0.2, 0.25) is 5.91 Å². The molecule has 0 aromatic carbocycles. The van der Waals surface area contributed by atoms with E-state index in [4.69, 9.17) is 14.2 Å². The number of nitrogens with one attached hydrogen (secondary N) is 1.